The highest BCUT2D eigenvalue weighted by Crippen LogP contribution is 2.26. The number of carbonyl (C=O) groups excluding carboxylic acids is 1. The minimum atomic E-state index is 0.000102. The standard InChI is InChI=1S/C22H23N5O/c28-22(20-15-16-5-1-3-7-18(16)24-25-20)27-13-11-26(12-14-27)21-9-10-23-19-8-4-2-6-17(19)21/h2,4,6,8-10,15H,1,3,5,7,11-14H2. The van der Waals surface area contributed by atoms with Crippen LogP contribution in [0.1, 0.15) is 34.6 Å². The number of carbonyl (C=O) groups is 1. The lowest BCUT2D eigenvalue weighted by atomic mass is 9.96. The number of rotatable bonds is 2. The van der Waals surface area contributed by atoms with E-state index >= 15 is 0 Å². The number of hydrogen-bond acceptors (Lipinski definition) is 5. The van der Waals surface area contributed by atoms with Crippen LogP contribution >= 0.6 is 0 Å². The maximum Gasteiger partial charge on any atom is 0.274 e. The predicted molar refractivity (Wildman–Crippen MR) is 109 cm³/mol. The van der Waals surface area contributed by atoms with Crippen LogP contribution in [-0.4, -0.2) is 52.2 Å². The number of aromatic nitrogens is 3. The lowest BCUT2D eigenvalue weighted by Crippen LogP contribution is -2.49. The molecule has 1 amide bonds. The number of amides is 1. The van der Waals surface area contributed by atoms with Gasteiger partial charge in [-0.1, -0.05) is 18.2 Å². The molecule has 5 rings (SSSR count). The van der Waals surface area contributed by atoms with Crippen molar-refractivity contribution in [2.75, 3.05) is 31.1 Å². The molecule has 28 heavy (non-hydrogen) atoms. The molecule has 0 bridgehead atoms. The summed E-state index contributed by atoms with van der Waals surface area (Å²) in [6, 6.07) is 12.2. The molecule has 0 spiro atoms. The number of aryl methyl sites for hydroxylation is 2. The van der Waals surface area contributed by atoms with Gasteiger partial charge in [-0.15, -0.1) is 5.10 Å². The number of benzene rings is 1. The van der Waals surface area contributed by atoms with Gasteiger partial charge in [0.2, 0.25) is 0 Å². The number of piperazine rings is 1. The van der Waals surface area contributed by atoms with Crippen LogP contribution in [0, 0.1) is 0 Å². The summed E-state index contributed by atoms with van der Waals surface area (Å²) in [4.78, 5) is 21.6. The summed E-state index contributed by atoms with van der Waals surface area (Å²) < 4.78 is 0. The molecule has 3 heterocycles. The maximum atomic E-state index is 12.9. The number of para-hydroxylation sites is 1. The van der Waals surface area contributed by atoms with Crippen molar-refractivity contribution >= 4 is 22.5 Å². The molecule has 0 unspecified atom stereocenters. The first kappa shape index (κ1) is 17.1. The Morgan fingerprint density at radius 2 is 1.75 bits per heavy atom. The summed E-state index contributed by atoms with van der Waals surface area (Å²) in [5.74, 6) is 0.000102. The average Bonchev–Trinajstić information content (AvgIpc) is 2.78. The Bertz CT molecular complexity index is 1020. The van der Waals surface area contributed by atoms with Crippen LogP contribution in [0.5, 0.6) is 0 Å². The van der Waals surface area contributed by atoms with Crippen LogP contribution < -0.4 is 4.90 Å². The van der Waals surface area contributed by atoms with E-state index in [0.717, 1.165) is 42.5 Å². The van der Waals surface area contributed by atoms with E-state index in [1.807, 2.05) is 35.4 Å². The Hall–Kier alpha value is -3.02. The number of hydrogen-bond donors (Lipinski definition) is 0. The van der Waals surface area contributed by atoms with Gasteiger partial charge < -0.3 is 9.80 Å². The van der Waals surface area contributed by atoms with Gasteiger partial charge in [0, 0.05) is 43.4 Å². The molecule has 1 aliphatic heterocycles. The normalized spacial score (nSPS) is 16.9. The first-order valence-corrected chi connectivity index (χ1v) is 10.0. The van der Waals surface area contributed by atoms with Crippen molar-refractivity contribution in [3.8, 4) is 0 Å². The molecule has 1 saturated heterocycles. The lowest BCUT2D eigenvalue weighted by molar-refractivity contribution is 0.0739. The molecular weight excluding hydrogens is 350 g/mol. The van der Waals surface area contributed by atoms with Gasteiger partial charge in [0.15, 0.2) is 5.69 Å². The van der Waals surface area contributed by atoms with Crippen LogP contribution in [0.3, 0.4) is 0 Å². The van der Waals surface area contributed by atoms with E-state index in [0.29, 0.717) is 18.8 Å². The van der Waals surface area contributed by atoms with Crippen molar-refractivity contribution in [3.05, 3.63) is 59.5 Å². The van der Waals surface area contributed by atoms with Crippen molar-refractivity contribution in [2.24, 2.45) is 0 Å². The van der Waals surface area contributed by atoms with Crippen LogP contribution in [-0.2, 0) is 12.8 Å². The third-order valence-corrected chi connectivity index (χ3v) is 5.82. The van der Waals surface area contributed by atoms with Gasteiger partial charge in [-0.3, -0.25) is 9.78 Å². The fourth-order valence-corrected chi connectivity index (χ4v) is 4.26. The highest BCUT2D eigenvalue weighted by Gasteiger charge is 2.25. The molecule has 1 aromatic carbocycles. The molecule has 0 radical (unpaired) electrons. The summed E-state index contributed by atoms with van der Waals surface area (Å²) in [5, 5.41) is 9.70. The zero-order valence-electron chi connectivity index (χ0n) is 15.8. The Morgan fingerprint density at radius 1 is 0.929 bits per heavy atom. The Kier molecular flexibility index (Phi) is 4.39. The van der Waals surface area contributed by atoms with Gasteiger partial charge >= 0.3 is 0 Å². The second-order valence-corrected chi connectivity index (χ2v) is 7.54. The fraction of sp³-hybridized carbons (Fsp3) is 0.364. The highest BCUT2D eigenvalue weighted by atomic mass is 16.2. The predicted octanol–water partition coefficient (Wildman–Crippen LogP) is 2.87. The van der Waals surface area contributed by atoms with Gasteiger partial charge in [0.1, 0.15) is 0 Å². The van der Waals surface area contributed by atoms with Gasteiger partial charge in [-0.25, -0.2) is 0 Å². The van der Waals surface area contributed by atoms with E-state index in [1.54, 1.807) is 0 Å². The van der Waals surface area contributed by atoms with Crippen LogP contribution in [0.15, 0.2) is 42.6 Å². The third-order valence-electron chi connectivity index (χ3n) is 5.82. The summed E-state index contributed by atoms with van der Waals surface area (Å²) in [6.07, 6.45) is 6.19. The zero-order valence-corrected chi connectivity index (χ0v) is 15.8. The SMILES string of the molecule is O=C(c1cc2c(nn1)CCCC2)N1CCN(c2ccnc3ccccc23)CC1. The summed E-state index contributed by atoms with van der Waals surface area (Å²) in [7, 11) is 0. The quantitative estimate of drug-likeness (QED) is 0.691. The monoisotopic (exact) mass is 373 g/mol. The molecule has 0 saturated carbocycles. The third kappa shape index (κ3) is 3.09. The van der Waals surface area contributed by atoms with Gasteiger partial charge in [-0.2, -0.15) is 5.10 Å². The van der Waals surface area contributed by atoms with Crippen molar-refractivity contribution in [2.45, 2.75) is 25.7 Å². The topological polar surface area (TPSA) is 62.2 Å². The molecular formula is C22H23N5O. The smallest absolute Gasteiger partial charge is 0.274 e. The largest absolute Gasteiger partial charge is 0.367 e. The Morgan fingerprint density at radius 3 is 2.64 bits per heavy atom. The van der Waals surface area contributed by atoms with Gasteiger partial charge in [0.25, 0.3) is 5.91 Å². The van der Waals surface area contributed by atoms with Crippen molar-refractivity contribution in [1.29, 1.82) is 0 Å². The van der Waals surface area contributed by atoms with Gasteiger partial charge in [-0.05, 0) is 49.4 Å². The summed E-state index contributed by atoms with van der Waals surface area (Å²) in [5.41, 5.74) is 4.95. The summed E-state index contributed by atoms with van der Waals surface area (Å²) >= 11 is 0. The number of fused-ring (bicyclic) bond motifs is 2. The average molecular weight is 373 g/mol. The van der Waals surface area contributed by atoms with Crippen LogP contribution in [0.4, 0.5) is 5.69 Å². The molecule has 3 aromatic rings. The number of anilines is 1. The Balaban J connectivity index is 1.31. The number of nitrogens with zero attached hydrogens (tertiary/aromatic N) is 5. The minimum Gasteiger partial charge on any atom is -0.367 e. The van der Waals surface area contributed by atoms with Crippen molar-refractivity contribution in [1.82, 2.24) is 20.1 Å². The van der Waals surface area contributed by atoms with E-state index in [9.17, 15) is 4.79 Å². The van der Waals surface area contributed by atoms with Crippen LogP contribution in [0.2, 0.25) is 0 Å². The first-order valence-electron chi connectivity index (χ1n) is 10.0. The molecule has 1 fully saturated rings. The molecule has 2 aromatic heterocycles. The molecule has 6 nitrogen and oxygen atoms in total. The van der Waals surface area contributed by atoms with Crippen molar-refractivity contribution < 1.29 is 4.79 Å². The second kappa shape index (κ2) is 7.19. The Labute approximate surface area is 164 Å². The van der Waals surface area contributed by atoms with E-state index in [1.165, 1.54) is 24.1 Å². The number of pyridine rings is 1. The van der Waals surface area contributed by atoms with Crippen molar-refractivity contribution in [3.63, 3.8) is 0 Å². The first-order chi connectivity index (χ1) is 13.8. The van der Waals surface area contributed by atoms with E-state index in [-0.39, 0.29) is 5.91 Å². The molecule has 2 aliphatic rings. The highest BCUT2D eigenvalue weighted by molar-refractivity contribution is 5.93. The molecule has 142 valence electrons. The lowest BCUT2D eigenvalue weighted by Gasteiger charge is -2.36. The molecule has 1 aliphatic carbocycles. The van der Waals surface area contributed by atoms with E-state index in [4.69, 9.17) is 0 Å². The summed E-state index contributed by atoms with van der Waals surface area (Å²) in [6.45, 7) is 2.98. The van der Waals surface area contributed by atoms with E-state index < -0.39 is 0 Å². The van der Waals surface area contributed by atoms with Gasteiger partial charge in [0.05, 0.1) is 11.2 Å². The maximum absolute atomic E-state index is 12.9. The van der Waals surface area contributed by atoms with Crippen LogP contribution in [0.25, 0.3) is 10.9 Å². The zero-order chi connectivity index (χ0) is 18.9. The molecule has 6 heteroatoms. The fourth-order valence-electron chi connectivity index (χ4n) is 4.26. The molecule has 0 N–H and O–H groups in total. The van der Waals surface area contributed by atoms with E-state index in [2.05, 4.69) is 32.2 Å². The molecule has 0 atom stereocenters. The minimum absolute atomic E-state index is 0.000102. The second-order valence-electron chi connectivity index (χ2n) is 7.54.